The van der Waals surface area contributed by atoms with Crippen molar-refractivity contribution in [1.29, 1.82) is 0 Å². The molecule has 0 heterocycles. The highest BCUT2D eigenvalue weighted by Gasteiger charge is 1.77. The van der Waals surface area contributed by atoms with Gasteiger partial charge < -0.3 is 18.5 Å². The van der Waals surface area contributed by atoms with E-state index in [0.717, 1.165) is 0 Å². The van der Waals surface area contributed by atoms with Gasteiger partial charge in [0.15, 0.2) is 0 Å². The molecule has 0 aromatic heterocycles. The number of rotatable bonds is 2. The van der Waals surface area contributed by atoms with E-state index in [9.17, 15) is 14.4 Å². The van der Waals surface area contributed by atoms with Crippen molar-refractivity contribution >= 4 is 29.6 Å². The fourth-order valence-electron chi connectivity index (χ4n) is 0. The largest absolute Gasteiger partial charge is 0.469 e. The molecule has 0 fully saturated rings. The van der Waals surface area contributed by atoms with E-state index < -0.39 is 0 Å². The summed E-state index contributed by atoms with van der Waals surface area (Å²) >= 11 is 1.36. The smallest absolute Gasteiger partial charge is 0.302 e. The van der Waals surface area contributed by atoms with Gasteiger partial charge in [0.05, 0.1) is 14.2 Å². The molecule has 0 saturated heterocycles. The van der Waals surface area contributed by atoms with E-state index in [1.807, 2.05) is 13.2 Å². The number of hydrogen-bond donors (Lipinski definition) is 0. The van der Waals surface area contributed by atoms with Gasteiger partial charge in [0.25, 0.3) is 0 Å². The Morgan fingerprint density at radius 2 is 1.05 bits per heavy atom. The molecule has 0 aromatic carbocycles. The van der Waals surface area contributed by atoms with E-state index >= 15 is 0 Å². The lowest BCUT2D eigenvalue weighted by atomic mass is 10.4. The molecule has 0 unspecified atom stereocenters. The summed E-state index contributed by atoms with van der Waals surface area (Å²) in [4.78, 5) is 28.8. The topological polar surface area (TPSA) is 69.7 Å². The minimum atomic E-state index is -0.245. The Morgan fingerprint density at radius 1 is 0.909 bits per heavy atom. The average molecular weight is 343 g/mol. The molecule has 0 N–H and O–H groups in total. The lowest BCUT2D eigenvalue weighted by molar-refractivity contribution is -0.138. The SMILES string of the molecule is C.CC(C)=O.CCC.CCC(C)=O.COC(C)=O.COSC. The van der Waals surface area contributed by atoms with Crippen LogP contribution >= 0.6 is 12.0 Å². The Labute approximate surface area is 142 Å². The first kappa shape index (κ1) is 37.4. The van der Waals surface area contributed by atoms with Crippen LogP contribution in [0.15, 0.2) is 0 Å². The Morgan fingerprint density at radius 3 is 1.05 bits per heavy atom. The summed E-state index contributed by atoms with van der Waals surface area (Å²) in [5, 5.41) is 0. The molecule has 6 heteroatoms. The van der Waals surface area contributed by atoms with E-state index in [2.05, 4.69) is 22.8 Å². The zero-order chi connectivity index (χ0) is 18.3. The first-order chi connectivity index (χ1) is 9.60. The van der Waals surface area contributed by atoms with E-state index in [-0.39, 0.29) is 25.0 Å². The van der Waals surface area contributed by atoms with Crippen LogP contribution in [0.5, 0.6) is 0 Å². The molecule has 22 heavy (non-hydrogen) atoms. The molecular weight excluding hydrogens is 304 g/mol. The molecule has 0 aromatic rings. The van der Waals surface area contributed by atoms with Gasteiger partial charge in [0, 0.05) is 19.6 Å². The highest BCUT2D eigenvalue weighted by atomic mass is 32.2. The minimum Gasteiger partial charge on any atom is -0.469 e. The lowest BCUT2D eigenvalue weighted by Crippen LogP contribution is -1.88. The van der Waals surface area contributed by atoms with Crippen molar-refractivity contribution in [3.63, 3.8) is 0 Å². The van der Waals surface area contributed by atoms with Crippen LogP contribution in [0, 0.1) is 0 Å². The average Bonchev–Trinajstić information content (AvgIpc) is 2.39. The number of ether oxygens (including phenoxy) is 1. The van der Waals surface area contributed by atoms with E-state index in [4.69, 9.17) is 0 Å². The standard InChI is InChI=1S/C4H8O.C3H6O2.C3H6O.C3H8.C2H6OS.CH4/c1-3-4(2)5;1-3(4)5-2;1-3(2)4;1-3-2;1-3-4-2;/h3H2,1-2H3;1-2H3;1-2H3;3H2,1-2H3;1-2H3;1H4. The van der Waals surface area contributed by atoms with Gasteiger partial charge in [-0.05, 0) is 32.8 Å². The van der Waals surface area contributed by atoms with Gasteiger partial charge in [-0.15, -0.1) is 0 Å². The van der Waals surface area contributed by atoms with Crippen molar-refractivity contribution in [2.45, 2.75) is 68.7 Å². The fraction of sp³-hybridized carbons (Fsp3) is 0.812. The number of hydrogen-bond acceptors (Lipinski definition) is 6. The van der Waals surface area contributed by atoms with E-state index in [0.29, 0.717) is 6.42 Å². The molecule has 0 radical (unpaired) electrons. The van der Waals surface area contributed by atoms with Crippen molar-refractivity contribution < 1.29 is 23.3 Å². The summed E-state index contributed by atoms with van der Waals surface area (Å²) in [6, 6.07) is 0. The maximum Gasteiger partial charge on any atom is 0.302 e. The molecule has 0 aliphatic rings. The first-order valence-corrected chi connectivity index (χ1v) is 7.83. The Balaban J connectivity index is -0.0000000364. The molecular formula is C16H38O5S. The van der Waals surface area contributed by atoms with Gasteiger partial charge in [0.1, 0.15) is 11.6 Å². The van der Waals surface area contributed by atoms with Gasteiger partial charge >= 0.3 is 5.97 Å². The summed E-state index contributed by atoms with van der Waals surface area (Å²) in [5.74, 6) is 0.176. The number of carbonyl (C=O) groups is 3. The molecule has 0 bridgehead atoms. The highest BCUT2D eigenvalue weighted by Crippen LogP contribution is 1.84. The number of ketones is 2. The minimum absolute atomic E-state index is 0. The van der Waals surface area contributed by atoms with Gasteiger partial charge in [0.2, 0.25) is 0 Å². The highest BCUT2D eigenvalue weighted by molar-refractivity contribution is 7.93. The Hall–Kier alpha value is -0.880. The maximum atomic E-state index is 9.81. The summed E-state index contributed by atoms with van der Waals surface area (Å²) in [5.41, 5.74) is 0. The van der Waals surface area contributed by atoms with Crippen molar-refractivity contribution in [2.24, 2.45) is 0 Å². The van der Waals surface area contributed by atoms with Crippen molar-refractivity contribution in [3.8, 4) is 0 Å². The van der Waals surface area contributed by atoms with Crippen LogP contribution in [0.4, 0.5) is 0 Å². The normalized spacial score (nSPS) is 6.64. The van der Waals surface area contributed by atoms with Gasteiger partial charge in [-0.1, -0.05) is 34.6 Å². The predicted molar refractivity (Wildman–Crippen MR) is 98.2 cm³/mol. The first-order valence-electron chi connectivity index (χ1n) is 6.68. The predicted octanol–water partition coefficient (Wildman–Crippen LogP) is 4.72. The lowest BCUT2D eigenvalue weighted by Gasteiger charge is -1.80. The summed E-state index contributed by atoms with van der Waals surface area (Å²) in [6.45, 7) is 12.1. The second-order valence-electron chi connectivity index (χ2n) is 3.70. The number of carbonyl (C=O) groups excluding carboxylic acids is 3. The zero-order valence-corrected chi connectivity index (χ0v) is 16.2. The zero-order valence-electron chi connectivity index (χ0n) is 15.4. The number of esters is 1. The van der Waals surface area contributed by atoms with Crippen LogP contribution in [0.25, 0.3) is 0 Å². The Bertz CT molecular complexity index is 199. The monoisotopic (exact) mass is 342 g/mol. The third-order valence-electron chi connectivity index (χ3n) is 0.952. The van der Waals surface area contributed by atoms with Gasteiger partial charge in [-0.2, -0.15) is 0 Å². The summed E-state index contributed by atoms with van der Waals surface area (Å²) < 4.78 is 8.57. The van der Waals surface area contributed by atoms with Gasteiger partial charge in [-0.25, -0.2) is 0 Å². The molecule has 0 saturated carbocycles. The molecule has 0 aliphatic heterocycles. The van der Waals surface area contributed by atoms with Crippen molar-refractivity contribution in [2.75, 3.05) is 20.5 Å². The van der Waals surface area contributed by atoms with Crippen LogP contribution in [0.3, 0.4) is 0 Å². The fourth-order valence-corrected chi connectivity index (χ4v) is 0. The van der Waals surface area contributed by atoms with Crippen LogP contribution < -0.4 is 0 Å². The van der Waals surface area contributed by atoms with E-state index in [1.54, 1.807) is 14.0 Å². The van der Waals surface area contributed by atoms with E-state index in [1.165, 1.54) is 46.3 Å². The van der Waals surface area contributed by atoms with Crippen LogP contribution in [0.1, 0.15) is 68.7 Å². The second kappa shape index (κ2) is 42.7. The molecule has 0 spiro atoms. The quantitative estimate of drug-likeness (QED) is 0.534. The Kier molecular flexibility index (Phi) is 72.6. The van der Waals surface area contributed by atoms with Crippen LogP contribution in [0.2, 0.25) is 0 Å². The third-order valence-corrected chi connectivity index (χ3v) is 1.29. The third kappa shape index (κ3) is 370. The molecule has 0 aliphatic carbocycles. The number of Topliss-reactive ketones (excluding diaryl/α,β-unsaturated/α-hetero) is 2. The molecule has 0 atom stereocenters. The molecule has 0 amide bonds. The van der Waals surface area contributed by atoms with Crippen LogP contribution in [-0.4, -0.2) is 38.0 Å². The second-order valence-corrected chi connectivity index (χ2v) is 4.37. The van der Waals surface area contributed by atoms with Crippen molar-refractivity contribution in [3.05, 3.63) is 0 Å². The summed E-state index contributed by atoms with van der Waals surface area (Å²) in [6.07, 6.45) is 3.79. The molecule has 138 valence electrons. The molecule has 0 rings (SSSR count). The van der Waals surface area contributed by atoms with Gasteiger partial charge in [-0.3, -0.25) is 4.79 Å². The van der Waals surface area contributed by atoms with Crippen molar-refractivity contribution in [1.82, 2.24) is 0 Å². The maximum absolute atomic E-state index is 9.81. The summed E-state index contributed by atoms with van der Waals surface area (Å²) in [7, 11) is 2.99. The van der Waals surface area contributed by atoms with Crippen LogP contribution in [-0.2, 0) is 23.3 Å². The number of methoxy groups -OCH3 is 1. The molecule has 5 nitrogen and oxygen atoms in total.